The van der Waals surface area contributed by atoms with E-state index in [1.807, 2.05) is 0 Å². The van der Waals surface area contributed by atoms with Crippen molar-refractivity contribution in [2.75, 3.05) is 18.0 Å². The van der Waals surface area contributed by atoms with Crippen molar-refractivity contribution in [1.29, 1.82) is 0 Å². The number of fused-ring (bicyclic) bond motifs is 1. The van der Waals surface area contributed by atoms with Crippen LogP contribution in [0.5, 0.6) is 0 Å². The third-order valence-corrected chi connectivity index (χ3v) is 4.33. The lowest BCUT2D eigenvalue weighted by Crippen LogP contribution is -2.28. The molecule has 1 aliphatic heterocycles. The highest BCUT2D eigenvalue weighted by atomic mass is 15.2. The van der Waals surface area contributed by atoms with E-state index in [0.29, 0.717) is 0 Å². The molecule has 0 bridgehead atoms. The molecule has 108 valence electrons. The molecule has 2 aliphatic rings. The number of para-hydroxylation sites is 1. The zero-order chi connectivity index (χ0) is 14.1. The van der Waals surface area contributed by atoms with Gasteiger partial charge < -0.3 is 10.2 Å². The van der Waals surface area contributed by atoms with E-state index < -0.39 is 0 Å². The molecule has 1 N–H and O–H groups in total. The van der Waals surface area contributed by atoms with Gasteiger partial charge in [0.1, 0.15) is 5.82 Å². The molecule has 3 nitrogen and oxygen atoms in total. The molecular formula is C18H21N3. The van der Waals surface area contributed by atoms with Crippen LogP contribution >= 0.6 is 0 Å². The molecule has 0 saturated heterocycles. The average molecular weight is 279 g/mol. The summed E-state index contributed by atoms with van der Waals surface area (Å²) in [5, 5.41) is 4.91. The van der Waals surface area contributed by atoms with Crippen LogP contribution < -0.4 is 10.2 Å². The Morgan fingerprint density at radius 3 is 2.90 bits per heavy atom. The molecule has 0 atom stereocenters. The van der Waals surface area contributed by atoms with Crippen LogP contribution in [0.15, 0.2) is 42.5 Å². The van der Waals surface area contributed by atoms with Gasteiger partial charge in [0.25, 0.3) is 0 Å². The van der Waals surface area contributed by atoms with Crippen LogP contribution in [0.1, 0.15) is 24.8 Å². The number of hydrogen-bond acceptors (Lipinski definition) is 3. The summed E-state index contributed by atoms with van der Waals surface area (Å²) < 4.78 is 0. The van der Waals surface area contributed by atoms with Gasteiger partial charge in [0.2, 0.25) is 0 Å². The van der Waals surface area contributed by atoms with E-state index in [1.54, 1.807) is 0 Å². The van der Waals surface area contributed by atoms with Crippen molar-refractivity contribution in [3.8, 4) is 0 Å². The van der Waals surface area contributed by atoms with Crippen molar-refractivity contribution in [1.82, 2.24) is 10.3 Å². The minimum atomic E-state index is 0.735. The second-order valence-electron chi connectivity index (χ2n) is 6.02. The molecular weight excluding hydrogens is 258 g/mol. The molecule has 2 heterocycles. The molecule has 1 saturated carbocycles. The van der Waals surface area contributed by atoms with Gasteiger partial charge in [0.15, 0.2) is 0 Å². The Morgan fingerprint density at radius 1 is 1.19 bits per heavy atom. The molecule has 4 rings (SSSR count). The summed E-state index contributed by atoms with van der Waals surface area (Å²) in [5.74, 6) is 1.12. The number of nitrogens with one attached hydrogen (secondary N) is 1. The molecule has 0 amide bonds. The quantitative estimate of drug-likeness (QED) is 0.871. The Balaban J connectivity index is 1.71. The standard InChI is InChI=1S/C18H21N3/c1-4-10-21(11-5-1)18-12-14(13-19-15-8-9-15)16-6-2-3-7-17(16)20-18/h1-4,6-7,12,15,19H,5,8-11,13H2. The largest absolute Gasteiger partial charge is 0.353 e. The first-order chi connectivity index (χ1) is 10.4. The summed E-state index contributed by atoms with van der Waals surface area (Å²) in [6.45, 7) is 2.99. The fraction of sp³-hybridized carbons (Fsp3) is 0.389. The van der Waals surface area contributed by atoms with Crippen molar-refractivity contribution in [2.45, 2.75) is 31.8 Å². The van der Waals surface area contributed by atoms with Crippen LogP contribution in [0.3, 0.4) is 0 Å². The van der Waals surface area contributed by atoms with Crippen molar-refractivity contribution < 1.29 is 0 Å². The predicted molar refractivity (Wildman–Crippen MR) is 87.6 cm³/mol. The van der Waals surface area contributed by atoms with E-state index in [9.17, 15) is 0 Å². The van der Waals surface area contributed by atoms with Crippen LogP contribution in [0, 0.1) is 0 Å². The second-order valence-corrected chi connectivity index (χ2v) is 6.02. The zero-order valence-corrected chi connectivity index (χ0v) is 12.3. The van der Waals surface area contributed by atoms with Gasteiger partial charge in [-0.05, 0) is 37.0 Å². The summed E-state index contributed by atoms with van der Waals surface area (Å²) in [6, 6.07) is 11.5. The Morgan fingerprint density at radius 2 is 2.10 bits per heavy atom. The summed E-state index contributed by atoms with van der Waals surface area (Å²) in [5.41, 5.74) is 2.48. The minimum absolute atomic E-state index is 0.735. The van der Waals surface area contributed by atoms with Crippen molar-refractivity contribution >= 4 is 16.7 Å². The fourth-order valence-corrected chi connectivity index (χ4v) is 2.93. The van der Waals surface area contributed by atoms with E-state index in [0.717, 1.165) is 43.4 Å². The molecule has 1 aliphatic carbocycles. The Hall–Kier alpha value is -1.87. The molecule has 1 fully saturated rings. The van der Waals surface area contributed by atoms with Gasteiger partial charge in [-0.2, -0.15) is 0 Å². The maximum absolute atomic E-state index is 4.87. The molecule has 0 spiro atoms. The first-order valence-electron chi connectivity index (χ1n) is 7.92. The monoisotopic (exact) mass is 279 g/mol. The van der Waals surface area contributed by atoms with E-state index >= 15 is 0 Å². The van der Waals surface area contributed by atoms with E-state index in [1.165, 1.54) is 23.8 Å². The number of hydrogen-bond donors (Lipinski definition) is 1. The lowest BCUT2D eigenvalue weighted by Gasteiger charge is -2.25. The van der Waals surface area contributed by atoms with Gasteiger partial charge in [0, 0.05) is 31.1 Å². The van der Waals surface area contributed by atoms with Crippen LogP contribution in [0.2, 0.25) is 0 Å². The third kappa shape index (κ3) is 2.79. The predicted octanol–water partition coefficient (Wildman–Crippen LogP) is 3.25. The molecule has 1 aromatic heterocycles. The number of pyridine rings is 1. The summed E-state index contributed by atoms with van der Waals surface area (Å²) in [7, 11) is 0. The molecule has 0 unspecified atom stereocenters. The molecule has 2 aromatic rings. The van der Waals surface area contributed by atoms with E-state index in [-0.39, 0.29) is 0 Å². The topological polar surface area (TPSA) is 28.2 Å². The molecule has 0 radical (unpaired) electrons. The first kappa shape index (κ1) is 12.8. The first-order valence-corrected chi connectivity index (χ1v) is 7.92. The normalized spacial score (nSPS) is 18.4. The van der Waals surface area contributed by atoms with Gasteiger partial charge >= 0.3 is 0 Å². The van der Waals surface area contributed by atoms with Crippen LogP contribution in [-0.4, -0.2) is 24.1 Å². The van der Waals surface area contributed by atoms with E-state index in [4.69, 9.17) is 4.98 Å². The minimum Gasteiger partial charge on any atom is -0.353 e. The van der Waals surface area contributed by atoms with Crippen LogP contribution in [0.25, 0.3) is 10.9 Å². The van der Waals surface area contributed by atoms with Gasteiger partial charge in [-0.25, -0.2) is 4.98 Å². The number of aromatic nitrogens is 1. The fourth-order valence-electron chi connectivity index (χ4n) is 2.93. The molecule has 3 heteroatoms. The smallest absolute Gasteiger partial charge is 0.129 e. The van der Waals surface area contributed by atoms with Crippen LogP contribution in [-0.2, 0) is 6.54 Å². The highest BCUT2D eigenvalue weighted by molar-refractivity contribution is 5.84. The number of anilines is 1. The average Bonchev–Trinajstić information content (AvgIpc) is 3.37. The number of nitrogens with zero attached hydrogens (tertiary/aromatic N) is 2. The maximum atomic E-state index is 4.87. The Labute approximate surface area is 125 Å². The summed E-state index contributed by atoms with van der Waals surface area (Å²) >= 11 is 0. The Bertz CT molecular complexity index is 673. The summed E-state index contributed by atoms with van der Waals surface area (Å²) in [4.78, 5) is 7.23. The zero-order valence-electron chi connectivity index (χ0n) is 12.3. The van der Waals surface area contributed by atoms with Gasteiger partial charge in [-0.15, -0.1) is 0 Å². The highest BCUT2D eigenvalue weighted by Crippen LogP contribution is 2.25. The molecule has 21 heavy (non-hydrogen) atoms. The number of benzene rings is 1. The lowest BCUT2D eigenvalue weighted by molar-refractivity contribution is 0.690. The second kappa shape index (κ2) is 5.49. The van der Waals surface area contributed by atoms with Gasteiger partial charge in [-0.3, -0.25) is 0 Å². The number of rotatable bonds is 4. The van der Waals surface area contributed by atoms with Crippen LogP contribution in [0.4, 0.5) is 5.82 Å². The maximum Gasteiger partial charge on any atom is 0.129 e. The molecule has 1 aromatic carbocycles. The van der Waals surface area contributed by atoms with Gasteiger partial charge in [-0.1, -0.05) is 30.4 Å². The van der Waals surface area contributed by atoms with E-state index in [2.05, 4.69) is 52.7 Å². The van der Waals surface area contributed by atoms with Crippen molar-refractivity contribution in [3.05, 3.63) is 48.0 Å². The Kier molecular flexibility index (Phi) is 3.36. The van der Waals surface area contributed by atoms with Gasteiger partial charge in [0.05, 0.1) is 5.52 Å². The van der Waals surface area contributed by atoms with Crippen molar-refractivity contribution in [2.24, 2.45) is 0 Å². The van der Waals surface area contributed by atoms with Crippen molar-refractivity contribution in [3.63, 3.8) is 0 Å². The summed E-state index contributed by atoms with van der Waals surface area (Å²) in [6.07, 6.45) is 8.26. The SMILES string of the molecule is C1=CCN(c2cc(CNC3CC3)c3ccccc3n2)CC1. The lowest BCUT2D eigenvalue weighted by atomic mass is 10.1. The highest BCUT2D eigenvalue weighted by Gasteiger charge is 2.21. The third-order valence-electron chi connectivity index (χ3n) is 4.33.